The van der Waals surface area contributed by atoms with Crippen LogP contribution in [-0.4, -0.2) is 68.7 Å². The summed E-state index contributed by atoms with van der Waals surface area (Å²) in [5, 5.41) is 6.71. The van der Waals surface area contributed by atoms with Gasteiger partial charge in [-0.05, 0) is 19.1 Å². The highest BCUT2D eigenvalue weighted by atomic mass is 16.5. The first-order valence-corrected chi connectivity index (χ1v) is 7.71. The number of aromatic amines is 1. The average molecular weight is 316 g/mol. The fourth-order valence-corrected chi connectivity index (χ4v) is 2.60. The lowest BCUT2D eigenvalue weighted by Gasteiger charge is -2.34. The number of H-pyrrole nitrogens is 1. The van der Waals surface area contributed by atoms with E-state index in [0.717, 1.165) is 25.5 Å². The van der Waals surface area contributed by atoms with Crippen LogP contribution in [0.1, 0.15) is 23.1 Å². The van der Waals surface area contributed by atoms with Crippen molar-refractivity contribution in [2.24, 2.45) is 0 Å². The average Bonchev–Trinajstić information content (AvgIpc) is 3.09. The number of rotatable bonds is 5. The van der Waals surface area contributed by atoms with Gasteiger partial charge in [0.05, 0.1) is 13.2 Å². The van der Waals surface area contributed by atoms with Crippen molar-refractivity contribution in [2.75, 3.05) is 32.8 Å². The summed E-state index contributed by atoms with van der Waals surface area (Å²) >= 11 is 0. The van der Waals surface area contributed by atoms with Gasteiger partial charge in [0.1, 0.15) is 17.7 Å². The highest BCUT2D eigenvalue weighted by Crippen LogP contribution is 2.18. The normalized spacial score (nSPS) is 15.6. The Morgan fingerprint density at radius 3 is 2.83 bits per heavy atom. The molecule has 0 unspecified atom stereocenters. The molecule has 23 heavy (non-hydrogen) atoms. The number of amides is 1. The molecule has 0 aromatic carbocycles. The van der Waals surface area contributed by atoms with Crippen LogP contribution in [0.15, 0.2) is 24.7 Å². The van der Waals surface area contributed by atoms with Crippen LogP contribution in [0.25, 0.3) is 0 Å². The number of carbonyl (C=O) groups excluding carboxylic acids is 1. The summed E-state index contributed by atoms with van der Waals surface area (Å²) in [7, 11) is 0. The number of aromatic nitrogens is 4. The Balaban J connectivity index is 1.60. The third-order valence-electron chi connectivity index (χ3n) is 3.78. The Morgan fingerprint density at radius 2 is 2.13 bits per heavy atom. The number of nitrogens with zero attached hydrogens (tertiary/aromatic N) is 5. The van der Waals surface area contributed by atoms with Crippen molar-refractivity contribution in [3.8, 4) is 5.88 Å². The topological polar surface area (TPSA) is 87.2 Å². The van der Waals surface area contributed by atoms with E-state index in [4.69, 9.17) is 4.74 Å². The molecule has 1 saturated heterocycles. The SMILES string of the molecule is CCOc1ncccc1C(=O)N1CCN(Cc2ncn[nH]2)CC1. The van der Waals surface area contributed by atoms with E-state index in [9.17, 15) is 4.79 Å². The monoisotopic (exact) mass is 316 g/mol. The number of carbonyl (C=O) groups is 1. The predicted octanol–water partition coefficient (Wildman–Crippen LogP) is 0.556. The zero-order chi connectivity index (χ0) is 16.1. The van der Waals surface area contributed by atoms with Crippen LogP contribution in [0.3, 0.4) is 0 Å². The van der Waals surface area contributed by atoms with E-state index in [1.165, 1.54) is 6.33 Å². The molecule has 1 N–H and O–H groups in total. The van der Waals surface area contributed by atoms with E-state index in [0.29, 0.717) is 31.1 Å². The molecule has 8 heteroatoms. The zero-order valence-electron chi connectivity index (χ0n) is 13.1. The molecule has 0 saturated carbocycles. The van der Waals surface area contributed by atoms with Gasteiger partial charge in [0.2, 0.25) is 5.88 Å². The molecule has 1 aliphatic rings. The summed E-state index contributed by atoms with van der Waals surface area (Å²) in [6.07, 6.45) is 3.14. The Bertz CT molecular complexity index is 637. The molecular formula is C15H20N6O2. The predicted molar refractivity (Wildman–Crippen MR) is 83.0 cm³/mol. The molecule has 122 valence electrons. The lowest BCUT2D eigenvalue weighted by atomic mass is 10.2. The van der Waals surface area contributed by atoms with Gasteiger partial charge in [-0.1, -0.05) is 0 Å². The van der Waals surface area contributed by atoms with Crippen LogP contribution in [-0.2, 0) is 6.54 Å². The molecule has 1 fully saturated rings. The van der Waals surface area contributed by atoms with Gasteiger partial charge >= 0.3 is 0 Å². The molecule has 2 aromatic rings. The van der Waals surface area contributed by atoms with Gasteiger partial charge in [-0.15, -0.1) is 0 Å². The maximum Gasteiger partial charge on any atom is 0.259 e. The third kappa shape index (κ3) is 3.65. The number of nitrogens with one attached hydrogen (secondary N) is 1. The lowest BCUT2D eigenvalue weighted by Crippen LogP contribution is -2.48. The number of hydrogen-bond donors (Lipinski definition) is 1. The van der Waals surface area contributed by atoms with Crippen LogP contribution in [0.5, 0.6) is 5.88 Å². The minimum atomic E-state index is -0.0270. The molecule has 0 atom stereocenters. The van der Waals surface area contributed by atoms with Gasteiger partial charge in [0.25, 0.3) is 5.91 Å². The lowest BCUT2D eigenvalue weighted by molar-refractivity contribution is 0.0621. The highest BCUT2D eigenvalue weighted by Gasteiger charge is 2.25. The first kappa shape index (κ1) is 15.4. The molecule has 2 aromatic heterocycles. The van der Waals surface area contributed by atoms with Crippen molar-refractivity contribution in [1.82, 2.24) is 30.0 Å². The number of hydrogen-bond acceptors (Lipinski definition) is 6. The third-order valence-corrected chi connectivity index (χ3v) is 3.78. The van der Waals surface area contributed by atoms with E-state index in [1.54, 1.807) is 18.3 Å². The van der Waals surface area contributed by atoms with Crippen LogP contribution >= 0.6 is 0 Å². The largest absolute Gasteiger partial charge is 0.477 e. The quantitative estimate of drug-likeness (QED) is 0.867. The van der Waals surface area contributed by atoms with Gasteiger partial charge in [-0.2, -0.15) is 5.10 Å². The second-order valence-electron chi connectivity index (χ2n) is 5.29. The highest BCUT2D eigenvalue weighted by molar-refractivity contribution is 5.96. The maximum absolute atomic E-state index is 12.7. The van der Waals surface area contributed by atoms with Crippen LogP contribution < -0.4 is 4.74 Å². The zero-order valence-corrected chi connectivity index (χ0v) is 13.1. The van der Waals surface area contributed by atoms with E-state index in [-0.39, 0.29) is 5.91 Å². The molecule has 0 radical (unpaired) electrons. The first-order chi connectivity index (χ1) is 11.3. The molecule has 0 aliphatic carbocycles. The molecule has 1 amide bonds. The second-order valence-corrected chi connectivity index (χ2v) is 5.29. The first-order valence-electron chi connectivity index (χ1n) is 7.71. The second kappa shape index (κ2) is 7.19. The molecule has 8 nitrogen and oxygen atoms in total. The standard InChI is InChI=1S/C15H20N6O2/c1-2-23-14-12(4-3-5-16-14)15(22)21-8-6-20(7-9-21)10-13-17-11-18-19-13/h3-5,11H,2,6-10H2,1H3,(H,17,18,19). The van der Waals surface area contributed by atoms with Crippen molar-refractivity contribution in [1.29, 1.82) is 0 Å². The van der Waals surface area contributed by atoms with Gasteiger partial charge < -0.3 is 9.64 Å². The number of ether oxygens (including phenoxy) is 1. The van der Waals surface area contributed by atoms with Gasteiger partial charge in [-0.25, -0.2) is 9.97 Å². The van der Waals surface area contributed by atoms with E-state index >= 15 is 0 Å². The summed E-state index contributed by atoms with van der Waals surface area (Å²) in [5.41, 5.74) is 0.526. The summed E-state index contributed by atoms with van der Waals surface area (Å²) in [4.78, 5) is 25.0. The molecule has 1 aliphatic heterocycles. The molecule has 3 heterocycles. The molecule has 0 bridgehead atoms. The fraction of sp³-hybridized carbons (Fsp3) is 0.467. The smallest absolute Gasteiger partial charge is 0.259 e. The van der Waals surface area contributed by atoms with Crippen LogP contribution in [0.4, 0.5) is 0 Å². The van der Waals surface area contributed by atoms with E-state index < -0.39 is 0 Å². The van der Waals surface area contributed by atoms with Crippen LogP contribution in [0.2, 0.25) is 0 Å². The number of pyridine rings is 1. The minimum absolute atomic E-state index is 0.0270. The summed E-state index contributed by atoms with van der Waals surface area (Å²) in [6.45, 7) is 6.04. The Kier molecular flexibility index (Phi) is 4.82. The Hall–Kier alpha value is -2.48. The van der Waals surface area contributed by atoms with Crippen molar-refractivity contribution in [3.63, 3.8) is 0 Å². The fourth-order valence-electron chi connectivity index (χ4n) is 2.60. The minimum Gasteiger partial charge on any atom is -0.477 e. The summed E-state index contributed by atoms with van der Waals surface area (Å²) < 4.78 is 5.45. The molecule has 0 spiro atoms. The van der Waals surface area contributed by atoms with Gasteiger partial charge in [0, 0.05) is 32.4 Å². The Morgan fingerprint density at radius 1 is 1.30 bits per heavy atom. The van der Waals surface area contributed by atoms with Crippen molar-refractivity contribution in [3.05, 3.63) is 36.0 Å². The summed E-state index contributed by atoms with van der Waals surface area (Å²) in [6, 6.07) is 3.52. The van der Waals surface area contributed by atoms with Gasteiger partial charge in [-0.3, -0.25) is 14.8 Å². The van der Waals surface area contributed by atoms with Crippen LogP contribution in [0, 0.1) is 0 Å². The van der Waals surface area contributed by atoms with Crippen molar-refractivity contribution in [2.45, 2.75) is 13.5 Å². The number of piperazine rings is 1. The van der Waals surface area contributed by atoms with E-state index in [2.05, 4.69) is 25.1 Å². The van der Waals surface area contributed by atoms with E-state index in [1.807, 2.05) is 11.8 Å². The van der Waals surface area contributed by atoms with Gasteiger partial charge in [0.15, 0.2) is 0 Å². The van der Waals surface area contributed by atoms with Crippen molar-refractivity contribution < 1.29 is 9.53 Å². The maximum atomic E-state index is 12.7. The van der Waals surface area contributed by atoms with Crippen molar-refractivity contribution >= 4 is 5.91 Å². The summed E-state index contributed by atoms with van der Waals surface area (Å²) in [5.74, 6) is 1.22. The molecular weight excluding hydrogens is 296 g/mol. The Labute approximate surface area is 134 Å². The molecule has 3 rings (SSSR count).